The molecule has 3 aromatic heterocycles. The summed E-state index contributed by atoms with van der Waals surface area (Å²) in [6.07, 6.45) is 3.88. The predicted octanol–water partition coefficient (Wildman–Crippen LogP) is 3.20. The molecule has 0 aliphatic heterocycles. The summed E-state index contributed by atoms with van der Waals surface area (Å²) in [5.74, 6) is -0.448. The summed E-state index contributed by atoms with van der Waals surface area (Å²) in [4.78, 5) is 18.3. The molecule has 0 radical (unpaired) electrons. The van der Waals surface area contributed by atoms with Gasteiger partial charge in [0.05, 0.1) is 11.2 Å². The summed E-state index contributed by atoms with van der Waals surface area (Å²) in [6, 6.07) is 9.41. The highest BCUT2D eigenvalue weighted by Gasteiger charge is 2.07. The third kappa shape index (κ3) is 1.77. The predicted molar refractivity (Wildman–Crippen MR) is 78.7 cm³/mol. The third-order valence-electron chi connectivity index (χ3n) is 3.13. The lowest BCUT2D eigenvalue weighted by Gasteiger charge is -1.94. The van der Waals surface area contributed by atoms with E-state index in [-0.39, 0.29) is 0 Å². The Morgan fingerprint density at radius 1 is 1.20 bits per heavy atom. The molecule has 5 nitrogen and oxygen atoms in total. The molecule has 20 heavy (non-hydrogen) atoms. The number of nitrogens with zero attached hydrogens (tertiary/aromatic N) is 2. The summed E-state index contributed by atoms with van der Waals surface area (Å²) >= 11 is 3.43. The molecule has 6 heteroatoms. The number of rotatable bonds is 1. The number of fused-ring (bicyclic) bond motifs is 2. The molecule has 0 spiro atoms. The molecule has 0 saturated heterocycles. The normalized spacial score (nSPS) is 11.4. The van der Waals surface area contributed by atoms with Gasteiger partial charge in [-0.2, -0.15) is 0 Å². The molecule has 98 valence electrons. The molecular weight excluding hydrogens is 322 g/mol. The quantitative estimate of drug-likeness (QED) is 0.583. The summed E-state index contributed by atoms with van der Waals surface area (Å²) in [7, 11) is 0. The standard InChI is InChI=1S/C14H8BrN3O2/c15-9-2-4-13-16-11(7-18(13)6-9)8-1-3-10-12(5-8)20-14(19)17-10/h1-7H,(H,17,19). The highest BCUT2D eigenvalue weighted by Crippen LogP contribution is 2.23. The topological polar surface area (TPSA) is 63.3 Å². The van der Waals surface area contributed by atoms with E-state index in [0.717, 1.165) is 21.4 Å². The van der Waals surface area contributed by atoms with E-state index < -0.39 is 5.76 Å². The van der Waals surface area contributed by atoms with Crippen LogP contribution in [-0.2, 0) is 0 Å². The molecule has 0 bridgehead atoms. The first-order valence-corrected chi connectivity index (χ1v) is 6.76. The van der Waals surface area contributed by atoms with Gasteiger partial charge >= 0.3 is 5.76 Å². The van der Waals surface area contributed by atoms with Gasteiger partial charge in [0.1, 0.15) is 5.65 Å². The number of pyridine rings is 1. The number of aromatic amines is 1. The Labute approximate surface area is 121 Å². The lowest BCUT2D eigenvalue weighted by molar-refractivity contribution is 0.555. The zero-order valence-electron chi connectivity index (χ0n) is 10.1. The number of imidazole rings is 1. The minimum atomic E-state index is -0.448. The van der Waals surface area contributed by atoms with Gasteiger partial charge in [-0.1, -0.05) is 6.07 Å². The molecule has 0 atom stereocenters. The fraction of sp³-hybridized carbons (Fsp3) is 0. The molecule has 4 aromatic rings. The molecule has 0 amide bonds. The van der Waals surface area contributed by atoms with Crippen molar-refractivity contribution in [3.63, 3.8) is 0 Å². The molecule has 1 aromatic carbocycles. The SMILES string of the molecule is O=c1[nH]c2ccc(-c3cn4cc(Br)ccc4n3)cc2o1. The average molecular weight is 330 g/mol. The van der Waals surface area contributed by atoms with Crippen LogP contribution in [0.15, 0.2) is 56.4 Å². The van der Waals surface area contributed by atoms with Gasteiger partial charge in [-0.05, 0) is 40.2 Å². The van der Waals surface area contributed by atoms with Crippen molar-refractivity contribution in [1.82, 2.24) is 14.4 Å². The number of nitrogens with one attached hydrogen (secondary N) is 1. The molecule has 0 fully saturated rings. The second-order valence-electron chi connectivity index (χ2n) is 4.46. The Morgan fingerprint density at radius 2 is 2.10 bits per heavy atom. The number of aromatic nitrogens is 3. The smallest absolute Gasteiger partial charge is 0.408 e. The zero-order valence-corrected chi connectivity index (χ0v) is 11.7. The van der Waals surface area contributed by atoms with Gasteiger partial charge in [0.2, 0.25) is 0 Å². The summed E-state index contributed by atoms with van der Waals surface area (Å²) in [5.41, 5.74) is 3.81. The average Bonchev–Trinajstić information content (AvgIpc) is 2.99. The van der Waals surface area contributed by atoms with Crippen molar-refractivity contribution in [3.8, 4) is 11.3 Å². The van der Waals surface area contributed by atoms with Crippen LogP contribution in [0.25, 0.3) is 28.0 Å². The van der Waals surface area contributed by atoms with E-state index in [4.69, 9.17) is 4.42 Å². The van der Waals surface area contributed by atoms with E-state index in [1.807, 2.05) is 47.1 Å². The van der Waals surface area contributed by atoms with Gasteiger partial charge in [-0.15, -0.1) is 0 Å². The Kier molecular flexibility index (Phi) is 2.34. The van der Waals surface area contributed by atoms with Crippen LogP contribution in [0.1, 0.15) is 0 Å². The van der Waals surface area contributed by atoms with Gasteiger partial charge in [0, 0.05) is 22.4 Å². The van der Waals surface area contributed by atoms with Crippen molar-refractivity contribution in [2.75, 3.05) is 0 Å². The number of halogens is 1. The third-order valence-corrected chi connectivity index (χ3v) is 3.60. The monoisotopic (exact) mass is 329 g/mol. The van der Waals surface area contributed by atoms with Crippen LogP contribution in [0, 0.1) is 0 Å². The number of benzene rings is 1. The molecule has 0 saturated carbocycles. The Bertz CT molecular complexity index is 996. The zero-order chi connectivity index (χ0) is 13.7. The van der Waals surface area contributed by atoms with E-state index in [1.165, 1.54) is 0 Å². The van der Waals surface area contributed by atoms with Gasteiger partial charge < -0.3 is 8.82 Å². The van der Waals surface area contributed by atoms with E-state index in [0.29, 0.717) is 11.1 Å². The second-order valence-corrected chi connectivity index (χ2v) is 5.38. The minimum absolute atomic E-state index is 0.448. The molecular formula is C14H8BrN3O2. The first-order chi connectivity index (χ1) is 9.69. The lowest BCUT2D eigenvalue weighted by Crippen LogP contribution is -1.92. The van der Waals surface area contributed by atoms with Crippen LogP contribution in [0.3, 0.4) is 0 Å². The van der Waals surface area contributed by atoms with Crippen molar-refractivity contribution in [1.29, 1.82) is 0 Å². The maximum atomic E-state index is 11.2. The molecule has 0 unspecified atom stereocenters. The molecule has 4 rings (SSSR count). The maximum Gasteiger partial charge on any atom is 0.417 e. The Morgan fingerprint density at radius 3 is 3.00 bits per heavy atom. The van der Waals surface area contributed by atoms with E-state index >= 15 is 0 Å². The van der Waals surface area contributed by atoms with Crippen LogP contribution in [-0.4, -0.2) is 14.4 Å². The second kappa shape index (κ2) is 4.08. The molecule has 0 aliphatic carbocycles. The number of oxazole rings is 1. The van der Waals surface area contributed by atoms with E-state index in [9.17, 15) is 4.79 Å². The van der Waals surface area contributed by atoms with Crippen molar-refractivity contribution in [2.24, 2.45) is 0 Å². The summed E-state index contributed by atoms with van der Waals surface area (Å²) < 4.78 is 8.00. The summed E-state index contributed by atoms with van der Waals surface area (Å²) in [6.45, 7) is 0. The van der Waals surface area contributed by atoms with Crippen LogP contribution < -0.4 is 5.76 Å². The maximum absolute atomic E-state index is 11.2. The fourth-order valence-electron chi connectivity index (χ4n) is 2.21. The first kappa shape index (κ1) is 11.5. The van der Waals surface area contributed by atoms with Crippen LogP contribution >= 0.6 is 15.9 Å². The van der Waals surface area contributed by atoms with E-state index in [2.05, 4.69) is 25.9 Å². The van der Waals surface area contributed by atoms with Crippen LogP contribution in [0.2, 0.25) is 0 Å². The van der Waals surface area contributed by atoms with Gasteiger partial charge in [-0.25, -0.2) is 9.78 Å². The molecule has 0 aliphatic rings. The number of hydrogen-bond donors (Lipinski definition) is 1. The fourth-order valence-corrected chi connectivity index (χ4v) is 2.56. The molecule has 3 heterocycles. The van der Waals surface area contributed by atoms with E-state index in [1.54, 1.807) is 0 Å². The highest BCUT2D eigenvalue weighted by atomic mass is 79.9. The van der Waals surface area contributed by atoms with Crippen molar-refractivity contribution in [2.45, 2.75) is 0 Å². The Hall–Kier alpha value is -2.34. The van der Waals surface area contributed by atoms with Gasteiger partial charge in [-0.3, -0.25) is 4.98 Å². The van der Waals surface area contributed by atoms with Gasteiger partial charge in [0.25, 0.3) is 0 Å². The summed E-state index contributed by atoms with van der Waals surface area (Å²) in [5, 5.41) is 0. The Balaban J connectivity index is 1.92. The van der Waals surface area contributed by atoms with Crippen molar-refractivity contribution < 1.29 is 4.42 Å². The van der Waals surface area contributed by atoms with Crippen molar-refractivity contribution in [3.05, 3.63) is 57.7 Å². The highest BCUT2D eigenvalue weighted by molar-refractivity contribution is 9.10. The van der Waals surface area contributed by atoms with Crippen LogP contribution in [0.4, 0.5) is 0 Å². The van der Waals surface area contributed by atoms with Crippen LogP contribution in [0.5, 0.6) is 0 Å². The van der Waals surface area contributed by atoms with Gasteiger partial charge in [0.15, 0.2) is 5.58 Å². The first-order valence-electron chi connectivity index (χ1n) is 5.96. The lowest BCUT2D eigenvalue weighted by atomic mass is 10.1. The largest absolute Gasteiger partial charge is 0.417 e. The number of hydrogen-bond acceptors (Lipinski definition) is 3. The van der Waals surface area contributed by atoms with Crippen molar-refractivity contribution >= 4 is 32.7 Å². The number of H-pyrrole nitrogens is 1. The molecule has 1 N–H and O–H groups in total. The minimum Gasteiger partial charge on any atom is -0.408 e.